The zero-order valence-corrected chi connectivity index (χ0v) is 17.0. The summed E-state index contributed by atoms with van der Waals surface area (Å²) in [6.45, 7) is 1.93. The van der Waals surface area contributed by atoms with Crippen molar-refractivity contribution in [1.82, 2.24) is 20.1 Å². The molecule has 7 nitrogen and oxygen atoms in total. The van der Waals surface area contributed by atoms with Gasteiger partial charge in [-0.1, -0.05) is 18.2 Å². The molecule has 150 valence electrons. The molecule has 0 fully saturated rings. The summed E-state index contributed by atoms with van der Waals surface area (Å²) in [6, 6.07) is 18.0. The topological polar surface area (TPSA) is 88.9 Å². The summed E-state index contributed by atoms with van der Waals surface area (Å²) >= 11 is 1.38. The fourth-order valence-electron chi connectivity index (χ4n) is 2.93. The minimum atomic E-state index is -0.181. The molecule has 0 unspecified atom stereocenters. The molecule has 2 amide bonds. The molecule has 0 spiro atoms. The number of anilines is 1. The number of rotatable bonds is 6. The van der Waals surface area contributed by atoms with Crippen LogP contribution >= 0.6 is 11.3 Å². The van der Waals surface area contributed by atoms with Crippen molar-refractivity contribution in [3.8, 4) is 5.69 Å². The second-order valence-corrected chi connectivity index (χ2v) is 7.58. The van der Waals surface area contributed by atoms with Crippen LogP contribution < -0.4 is 10.6 Å². The van der Waals surface area contributed by atoms with Gasteiger partial charge >= 0.3 is 0 Å². The van der Waals surface area contributed by atoms with Gasteiger partial charge in [-0.2, -0.15) is 5.10 Å². The highest BCUT2D eigenvalue weighted by Gasteiger charge is 2.13. The lowest BCUT2D eigenvalue weighted by molar-refractivity contribution is 0.0939. The minimum Gasteiger partial charge on any atom is -0.346 e. The van der Waals surface area contributed by atoms with Gasteiger partial charge in [-0.25, -0.2) is 9.67 Å². The second kappa shape index (κ2) is 8.71. The highest BCUT2D eigenvalue weighted by atomic mass is 32.1. The standard InChI is InChI=1S/C22H19N5O2S/c1-15(16-6-10-19(11-7-16)27-14-23-13-24-27)25-21(28)17-4-8-18(9-5-17)26-22(29)20-3-2-12-30-20/h2-15H,1H3,(H,25,28)(H,26,29)/t15-/m0/s1. The third-order valence-electron chi connectivity index (χ3n) is 4.57. The number of thiophene rings is 1. The molecule has 8 heteroatoms. The highest BCUT2D eigenvalue weighted by molar-refractivity contribution is 7.12. The first-order valence-electron chi connectivity index (χ1n) is 9.31. The number of carbonyl (C=O) groups excluding carboxylic acids is 2. The molecule has 0 aliphatic carbocycles. The van der Waals surface area contributed by atoms with Crippen LogP contribution in [0.5, 0.6) is 0 Å². The molecule has 2 N–H and O–H groups in total. The molecule has 4 rings (SSSR count). The molecule has 2 aromatic heterocycles. The number of nitrogens with zero attached hydrogens (tertiary/aromatic N) is 3. The van der Waals surface area contributed by atoms with Gasteiger partial charge in [0.2, 0.25) is 0 Å². The molecule has 30 heavy (non-hydrogen) atoms. The first-order chi connectivity index (χ1) is 14.6. The van der Waals surface area contributed by atoms with Crippen molar-refractivity contribution < 1.29 is 9.59 Å². The Morgan fingerprint density at radius 1 is 1.00 bits per heavy atom. The van der Waals surface area contributed by atoms with Crippen molar-refractivity contribution in [1.29, 1.82) is 0 Å². The smallest absolute Gasteiger partial charge is 0.265 e. The van der Waals surface area contributed by atoms with Gasteiger partial charge in [-0.3, -0.25) is 9.59 Å². The van der Waals surface area contributed by atoms with Crippen LogP contribution in [0.1, 0.15) is 38.6 Å². The second-order valence-electron chi connectivity index (χ2n) is 6.64. The van der Waals surface area contributed by atoms with E-state index in [1.807, 2.05) is 42.6 Å². The van der Waals surface area contributed by atoms with E-state index in [4.69, 9.17) is 0 Å². The zero-order chi connectivity index (χ0) is 20.9. The van der Waals surface area contributed by atoms with Gasteiger partial charge in [-0.15, -0.1) is 11.3 Å². The van der Waals surface area contributed by atoms with E-state index in [9.17, 15) is 9.59 Å². The molecule has 4 aromatic rings. The van der Waals surface area contributed by atoms with Gasteiger partial charge in [0, 0.05) is 11.3 Å². The van der Waals surface area contributed by atoms with Crippen molar-refractivity contribution in [3.63, 3.8) is 0 Å². The van der Waals surface area contributed by atoms with E-state index in [1.165, 1.54) is 17.7 Å². The quantitative estimate of drug-likeness (QED) is 0.495. The summed E-state index contributed by atoms with van der Waals surface area (Å²) in [5.41, 5.74) is 3.04. The number of carbonyl (C=O) groups is 2. The van der Waals surface area contributed by atoms with Crippen LogP contribution in [0.4, 0.5) is 5.69 Å². The number of benzene rings is 2. The van der Waals surface area contributed by atoms with E-state index in [-0.39, 0.29) is 17.9 Å². The van der Waals surface area contributed by atoms with Gasteiger partial charge in [0.25, 0.3) is 11.8 Å². The summed E-state index contributed by atoms with van der Waals surface area (Å²) < 4.78 is 1.67. The van der Waals surface area contributed by atoms with E-state index in [0.717, 1.165) is 11.3 Å². The van der Waals surface area contributed by atoms with E-state index in [2.05, 4.69) is 20.7 Å². The number of amides is 2. The van der Waals surface area contributed by atoms with Crippen molar-refractivity contribution in [2.75, 3.05) is 5.32 Å². The summed E-state index contributed by atoms with van der Waals surface area (Å²) in [7, 11) is 0. The van der Waals surface area contributed by atoms with Crippen molar-refractivity contribution in [2.45, 2.75) is 13.0 Å². The Morgan fingerprint density at radius 2 is 1.77 bits per heavy atom. The zero-order valence-electron chi connectivity index (χ0n) is 16.1. The maximum absolute atomic E-state index is 12.6. The molecule has 2 aromatic carbocycles. The van der Waals surface area contributed by atoms with E-state index in [1.54, 1.807) is 41.3 Å². The Kier molecular flexibility index (Phi) is 5.67. The van der Waals surface area contributed by atoms with Crippen LogP contribution in [0.2, 0.25) is 0 Å². The maximum atomic E-state index is 12.6. The van der Waals surface area contributed by atoms with Gasteiger partial charge < -0.3 is 10.6 Å². The number of hydrogen-bond acceptors (Lipinski definition) is 5. The van der Waals surface area contributed by atoms with Gasteiger partial charge in [0.1, 0.15) is 12.7 Å². The van der Waals surface area contributed by atoms with Crippen LogP contribution in [0, 0.1) is 0 Å². The number of nitrogens with one attached hydrogen (secondary N) is 2. The predicted molar refractivity (Wildman–Crippen MR) is 116 cm³/mol. The SMILES string of the molecule is C[C@H](NC(=O)c1ccc(NC(=O)c2cccs2)cc1)c1ccc(-n2cncn2)cc1. The third kappa shape index (κ3) is 4.44. The van der Waals surface area contributed by atoms with E-state index < -0.39 is 0 Å². The Bertz CT molecular complexity index is 1120. The molecule has 0 aliphatic rings. The predicted octanol–water partition coefficient (Wildman–Crippen LogP) is 4.07. The lowest BCUT2D eigenvalue weighted by Crippen LogP contribution is -2.26. The average molecular weight is 417 g/mol. The fraction of sp³-hybridized carbons (Fsp3) is 0.0909. The Balaban J connectivity index is 1.36. The number of aromatic nitrogens is 3. The van der Waals surface area contributed by atoms with Crippen molar-refractivity contribution >= 4 is 28.8 Å². The summed E-state index contributed by atoms with van der Waals surface area (Å²) in [4.78, 5) is 29.3. The van der Waals surface area contributed by atoms with Crippen LogP contribution in [-0.2, 0) is 0 Å². The molecule has 0 radical (unpaired) electrons. The lowest BCUT2D eigenvalue weighted by Gasteiger charge is -2.15. The molecule has 1 atom stereocenters. The van der Waals surface area contributed by atoms with Crippen molar-refractivity contribution in [2.24, 2.45) is 0 Å². The molecule has 2 heterocycles. The average Bonchev–Trinajstić information content (AvgIpc) is 3.48. The van der Waals surface area contributed by atoms with E-state index in [0.29, 0.717) is 16.1 Å². The molecular weight excluding hydrogens is 398 g/mol. The maximum Gasteiger partial charge on any atom is 0.265 e. The van der Waals surface area contributed by atoms with E-state index >= 15 is 0 Å². The molecule has 0 aliphatic heterocycles. The summed E-state index contributed by atoms with van der Waals surface area (Å²) in [5.74, 6) is -0.343. The Labute approximate surface area is 177 Å². The third-order valence-corrected chi connectivity index (χ3v) is 5.44. The van der Waals surface area contributed by atoms with Gasteiger partial charge in [-0.05, 0) is 60.3 Å². The normalized spacial score (nSPS) is 11.6. The minimum absolute atomic E-state index is 0.162. The first kappa shape index (κ1) is 19.5. The highest BCUT2D eigenvalue weighted by Crippen LogP contribution is 2.17. The lowest BCUT2D eigenvalue weighted by atomic mass is 10.1. The molecule has 0 bridgehead atoms. The van der Waals surface area contributed by atoms with Crippen LogP contribution in [0.25, 0.3) is 5.69 Å². The fourth-order valence-corrected chi connectivity index (χ4v) is 3.54. The molecule has 0 saturated carbocycles. The summed E-state index contributed by atoms with van der Waals surface area (Å²) in [5, 5.41) is 11.8. The van der Waals surface area contributed by atoms with Gasteiger partial charge in [0.15, 0.2) is 0 Å². The Morgan fingerprint density at radius 3 is 2.40 bits per heavy atom. The molecular formula is C22H19N5O2S. The first-order valence-corrected chi connectivity index (χ1v) is 10.2. The number of hydrogen-bond donors (Lipinski definition) is 2. The summed E-state index contributed by atoms with van der Waals surface area (Å²) in [6.07, 6.45) is 3.11. The van der Waals surface area contributed by atoms with Crippen LogP contribution in [-0.4, -0.2) is 26.6 Å². The Hall–Kier alpha value is -3.78. The monoisotopic (exact) mass is 417 g/mol. The molecule has 0 saturated heterocycles. The van der Waals surface area contributed by atoms with Crippen LogP contribution in [0.15, 0.2) is 78.7 Å². The van der Waals surface area contributed by atoms with Gasteiger partial charge in [0.05, 0.1) is 16.6 Å². The van der Waals surface area contributed by atoms with Crippen molar-refractivity contribution in [3.05, 3.63) is 94.7 Å². The van der Waals surface area contributed by atoms with Crippen LogP contribution in [0.3, 0.4) is 0 Å². The largest absolute Gasteiger partial charge is 0.346 e.